The van der Waals surface area contributed by atoms with Gasteiger partial charge in [0.25, 0.3) is 5.91 Å². The van der Waals surface area contributed by atoms with E-state index in [0.717, 1.165) is 30.7 Å². The second kappa shape index (κ2) is 7.92. The van der Waals surface area contributed by atoms with E-state index in [1.165, 1.54) is 0 Å². The average Bonchev–Trinajstić information content (AvgIpc) is 3.17. The highest BCUT2D eigenvalue weighted by Crippen LogP contribution is 2.33. The monoisotopic (exact) mass is 350 g/mol. The number of carbonyl (C=O) groups is 1. The molecular weight excluding hydrogens is 328 g/mol. The van der Waals surface area contributed by atoms with Crippen LogP contribution in [0.1, 0.15) is 36.9 Å². The fourth-order valence-electron chi connectivity index (χ4n) is 3.30. The Bertz CT molecular complexity index is 794. The van der Waals surface area contributed by atoms with Gasteiger partial charge >= 0.3 is 0 Å². The Morgan fingerprint density at radius 3 is 2.42 bits per heavy atom. The normalized spacial score (nSPS) is 17.4. The molecule has 0 N–H and O–H groups in total. The van der Waals surface area contributed by atoms with E-state index in [-0.39, 0.29) is 11.9 Å². The van der Waals surface area contributed by atoms with Crippen LogP contribution in [-0.2, 0) is 4.79 Å². The Kier molecular flexibility index (Phi) is 5.43. The number of carbonyl (C=O) groups excluding carboxylic acids is 1. The maximum absolute atomic E-state index is 12.9. The van der Waals surface area contributed by atoms with Crippen molar-refractivity contribution in [2.24, 2.45) is 0 Å². The molecule has 26 heavy (non-hydrogen) atoms. The molecule has 5 nitrogen and oxygen atoms in total. The van der Waals surface area contributed by atoms with Gasteiger partial charge in [0.05, 0.1) is 24.8 Å². The van der Waals surface area contributed by atoms with Crippen LogP contribution in [0, 0.1) is 11.3 Å². The lowest BCUT2D eigenvalue weighted by atomic mass is 10.0. The molecule has 2 aromatic rings. The largest absolute Gasteiger partial charge is 0.497 e. The summed E-state index contributed by atoms with van der Waals surface area (Å²) in [4.78, 5) is 14.8. The number of nitrogens with zero attached hydrogens (tertiary/aromatic N) is 2. The SMILES string of the molecule is COc1ccc([C@@H]2CCCN2C(=O)[C@@H](C)Oc2ccc(C#N)cc2)cc1. The molecule has 0 bridgehead atoms. The van der Waals surface area contributed by atoms with Crippen molar-refractivity contribution < 1.29 is 14.3 Å². The summed E-state index contributed by atoms with van der Waals surface area (Å²) < 4.78 is 11.0. The van der Waals surface area contributed by atoms with Crippen LogP contribution in [0.25, 0.3) is 0 Å². The van der Waals surface area contributed by atoms with Crippen LogP contribution in [0.3, 0.4) is 0 Å². The zero-order valence-electron chi connectivity index (χ0n) is 15.0. The molecule has 0 unspecified atom stereocenters. The molecule has 0 saturated carbocycles. The van der Waals surface area contributed by atoms with Gasteiger partial charge in [-0.25, -0.2) is 0 Å². The van der Waals surface area contributed by atoms with E-state index in [9.17, 15) is 4.79 Å². The molecule has 1 amide bonds. The Labute approximate surface area is 153 Å². The van der Waals surface area contributed by atoms with Crippen LogP contribution in [0.5, 0.6) is 11.5 Å². The summed E-state index contributed by atoms with van der Waals surface area (Å²) in [7, 11) is 1.64. The van der Waals surface area contributed by atoms with Crippen molar-refractivity contribution in [2.75, 3.05) is 13.7 Å². The molecule has 0 spiro atoms. The number of ether oxygens (including phenoxy) is 2. The molecule has 1 saturated heterocycles. The van der Waals surface area contributed by atoms with Crippen LogP contribution in [0.15, 0.2) is 48.5 Å². The first-order valence-corrected chi connectivity index (χ1v) is 8.73. The average molecular weight is 350 g/mol. The predicted molar refractivity (Wildman–Crippen MR) is 97.9 cm³/mol. The molecule has 1 fully saturated rings. The summed E-state index contributed by atoms with van der Waals surface area (Å²) >= 11 is 0. The number of hydrogen-bond donors (Lipinski definition) is 0. The third-order valence-corrected chi connectivity index (χ3v) is 4.68. The van der Waals surface area contributed by atoms with Crippen LogP contribution < -0.4 is 9.47 Å². The lowest BCUT2D eigenvalue weighted by Gasteiger charge is -2.28. The maximum Gasteiger partial charge on any atom is 0.263 e. The topological polar surface area (TPSA) is 62.6 Å². The van der Waals surface area contributed by atoms with Crippen LogP contribution in [0.4, 0.5) is 0 Å². The smallest absolute Gasteiger partial charge is 0.263 e. The highest BCUT2D eigenvalue weighted by atomic mass is 16.5. The van der Waals surface area contributed by atoms with E-state index in [2.05, 4.69) is 6.07 Å². The first-order chi connectivity index (χ1) is 12.6. The van der Waals surface area contributed by atoms with Gasteiger partial charge in [-0.05, 0) is 61.7 Å². The second-order valence-electron chi connectivity index (χ2n) is 6.36. The van der Waals surface area contributed by atoms with Crippen molar-refractivity contribution >= 4 is 5.91 Å². The van der Waals surface area contributed by atoms with Crippen molar-refractivity contribution in [3.8, 4) is 17.6 Å². The van der Waals surface area contributed by atoms with Crippen LogP contribution >= 0.6 is 0 Å². The Morgan fingerprint density at radius 2 is 1.81 bits per heavy atom. The minimum atomic E-state index is -0.582. The standard InChI is InChI=1S/C21H22N2O3/c1-15(26-19-9-5-16(14-22)6-10-19)21(24)23-13-3-4-20(23)17-7-11-18(25-2)12-8-17/h5-12,15,20H,3-4,13H2,1-2H3/t15-,20+/m1/s1. The third kappa shape index (κ3) is 3.80. The highest BCUT2D eigenvalue weighted by Gasteiger charge is 2.33. The van der Waals surface area contributed by atoms with Crippen molar-refractivity contribution in [1.82, 2.24) is 4.90 Å². The molecule has 134 valence electrons. The van der Waals surface area contributed by atoms with E-state index in [1.54, 1.807) is 38.3 Å². The van der Waals surface area contributed by atoms with E-state index in [1.807, 2.05) is 29.2 Å². The van der Waals surface area contributed by atoms with E-state index < -0.39 is 6.10 Å². The zero-order valence-corrected chi connectivity index (χ0v) is 15.0. The molecule has 1 aliphatic heterocycles. The summed E-state index contributed by atoms with van der Waals surface area (Å²) in [6.07, 6.45) is 1.34. The van der Waals surface area contributed by atoms with Gasteiger partial charge in [-0.2, -0.15) is 5.26 Å². The fourth-order valence-corrected chi connectivity index (χ4v) is 3.30. The predicted octanol–water partition coefficient (Wildman–Crippen LogP) is 3.70. The van der Waals surface area contributed by atoms with E-state index >= 15 is 0 Å². The molecule has 0 aliphatic carbocycles. The minimum Gasteiger partial charge on any atom is -0.497 e. The first-order valence-electron chi connectivity index (χ1n) is 8.73. The lowest BCUT2D eigenvalue weighted by molar-refractivity contribution is -0.138. The van der Waals surface area contributed by atoms with Gasteiger partial charge in [-0.3, -0.25) is 4.79 Å². The van der Waals surface area contributed by atoms with Gasteiger partial charge < -0.3 is 14.4 Å². The highest BCUT2D eigenvalue weighted by molar-refractivity contribution is 5.81. The molecule has 5 heteroatoms. The first kappa shape index (κ1) is 17.8. The lowest BCUT2D eigenvalue weighted by Crippen LogP contribution is -2.40. The number of rotatable bonds is 5. The number of likely N-dealkylation sites (tertiary alicyclic amines) is 1. The number of hydrogen-bond acceptors (Lipinski definition) is 4. The minimum absolute atomic E-state index is 0.0207. The van der Waals surface area contributed by atoms with Gasteiger partial charge in [0.1, 0.15) is 11.5 Å². The zero-order chi connectivity index (χ0) is 18.5. The Morgan fingerprint density at radius 1 is 1.15 bits per heavy atom. The Balaban J connectivity index is 1.69. The van der Waals surface area contributed by atoms with Crippen molar-refractivity contribution in [3.63, 3.8) is 0 Å². The fraction of sp³-hybridized carbons (Fsp3) is 0.333. The second-order valence-corrected chi connectivity index (χ2v) is 6.36. The van der Waals surface area contributed by atoms with Crippen LogP contribution in [0.2, 0.25) is 0 Å². The maximum atomic E-state index is 12.9. The van der Waals surface area contributed by atoms with Gasteiger partial charge in [-0.1, -0.05) is 12.1 Å². The van der Waals surface area contributed by atoms with E-state index in [4.69, 9.17) is 14.7 Å². The van der Waals surface area contributed by atoms with Crippen molar-refractivity contribution in [2.45, 2.75) is 31.9 Å². The number of amides is 1. The molecule has 1 aliphatic rings. The summed E-state index contributed by atoms with van der Waals surface area (Å²) in [5.74, 6) is 1.37. The number of methoxy groups -OCH3 is 1. The van der Waals surface area contributed by atoms with Gasteiger partial charge in [-0.15, -0.1) is 0 Å². The molecule has 1 heterocycles. The van der Waals surface area contributed by atoms with Crippen molar-refractivity contribution in [1.29, 1.82) is 5.26 Å². The summed E-state index contributed by atoms with van der Waals surface area (Å²) in [6.45, 7) is 2.50. The van der Waals surface area contributed by atoms with Gasteiger partial charge in [0.2, 0.25) is 0 Å². The quantitative estimate of drug-likeness (QED) is 0.825. The van der Waals surface area contributed by atoms with Gasteiger partial charge in [0.15, 0.2) is 6.10 Å². The molecule has 0 aromatic heterocycles. The molecule has 0 radical (unpaired) electrons. The summed E-state index contributed by atoms with van der Waals surface area (Å²) in [5, 5.41) is 8.85. The Hall–Kier alpha value is -3.00. The molecule has 3 rings (SSSR count). The van der Waals surface area contributed by atoms with Gasteiger partial charge in [0, 0.05) is 6.54 Å². The van der Waals surface area contributed by atoms with E-state index in [0.29, 0.717) is 11.3 Å². The van der Waals surface area contributed by atoms with Crippen molar-refractivity contribution in [3.05, 3.63) is 59.7 Å². The number of nitriles is 1. The molecule has 2 atom stereocenters. The summed E-state index contributed by atoms with van der Waals surface area (Å²) in [5.41, 5.74) is 1.68. The molecule has 2 aromatic carbocycles. The third-order valence-electron chi connectivity index (χ3n) is 4.68. The summed E-state index contributed by atoms with van der Waals surface area (Å²) in [6, 6.07) is 16.8. The number of benzene rings is 2. The van der Waals surface area contributed by atoms with Crippen LogP contribution in [-0.4, -0.2) is 30.6 Å². The molecular formula is C21H22N2O3.